The first-order valence-electron chi connectivity index (χ1n) is 8.49. The van der Waals surface area contributed by atoms with Gasteiger partial charge in [-0.3, -0.25) is 14.5 Å². The number of amides is 2. The number of nitrogens with one attached hydrogen (secondary N) is 1. The number of hydrogen-bond donors (Lipinski definition) is 1. The van der Waals surface area contributed by atoms with Crippen molar-refractivity contribution in [2.24, 2.45) is 0 Å². The topological polar surface area (TPSA) is 75.7 Å². The molecule has 3 heterocycles. The average molecular weight is 536 g/mol. The molecule has 1 aromatic heterocycles. The number of nitrogens with zero attached hydrogens (tertiary/aromatic N) is 1. The number of thiophene rings is 1. The van der Waals surface area contributed by atoms with Gasteiger partial charge < -0.3 is 9.74 Å². The summed E-state index contributed by atoms with van der Waals surface area (Å²) in [6.07, 6.45) is 0.262. The molecule has 1 aromatic rings. The van der Waals surface area contributed by atoms with Gasteiger partial charge in [-0.25, -0.2) is 4.79 Å². The molecule has 0 aromatic carbocycles. The number of rotatable bonds is 6. The number of thioether (sulfide) groups is 1. The molecule has 0 aliphatic carbocycles. The van der Waals surface area contributed by atoms with Crippen LogP contribution in [0.25, 0.3) is 0 Å². The number of carbonyl (C=O) groups excluding carboxylic acids is 3. The largest absolute Gasteiger partial charge is 0.515 e. The zero-order valence-electron chi connectivity index (χ0n) is 15.3. The van der Waals surface area contributed by atoms with Gasteiger partial charge in [0.15, 0.2) is 0 Å². The van der Waals surface area contributed by atoms with Crippen LogP contribution in [0.2, 0.25) is 19.6 Å². The van der Waals surface area contributed by atoms with Crippen molar-refractivity contribution in [1.29, 1.82) is 0 Å². The summed E-state index contributed by atoms with van der Waals surface area (Å²) in [5.74, 6) is -0.171. The van der Waals surface area contributed by atoms with Gasteiger partial charge >= 0.3 is 5.97 Å². The van der Waals surface area contributed by atoms with E-state index in [0.29, 0.717) is 15.9 Å². The first-order chi connectivity index (χ1) is 12.7. The predicted molar refractivity (Wildman–Crippen MR) is 118 cm³/mol. The Morgan fingerprint density at radius 1 is 1.41 bits per heavy atom. The van der Waals surface area contributed by atoms with Gasteiger partial charge in [-0.15, -0.1) is 23.1 Å². The molecule has 1 fully saturated rings. The van der Waals surface area contributed by atoms with Crippen LogP contribution in [0.5, 0.6) is 0 Å². The lowest BCUT2D eigenvalue weighted by Gasteiger charge is -2.50. The van der Waals surface area contributed by atoms with E-state index in [-0.39, 0.29) is 23.6 Å². The molecular weight excluding hydrogens is 515 g/mol. The Balaban J connectivity index is 1.72. The number of β-lactam (4-membered cyclic amide) rings is 1. The van der Waals surface area contributed by atoms with Crippen LogP contribution in [0.1, 0.15) is 4.88 Å². The number of hydrogen-bond acceptors (Lipinski definition) is 6. The fraction of sp³-hybridized carbons (Fsp3) is 0.471. The van der Waals surface area contributed by atoms with Crippen molar-refractivity contribution in [2.45, 2.75) is 37.5 Å². The van der Waals surface area contributed by atoms with E-state index < -0.39 is 20.3 Å². The van der Waals surface area contributed by atoms with Crippen molar-refractivity contribution in [1.82, 2.24) is 10.2 Å². The molecule has 0 saturated carbocycles. The van der Waals surface area contributed by atoms with Crippen LogP contribution in [0.15, 0.2) is 28.8 Å². The molecule has 146 valence electrons. The Labute approximate surface area is 181 Å². The maximum absolute atomic E-state index is 12.7. The second-order valence-corrected chi connectivity index (χ2v) is 14.6. The first-order valence-corrected chi connectivity index (χ1v) is 15.3. The summed E-state index contributed by atoms with van der Waals surface area (Å²) in [7, 11) is -2.08. The standard InChI is InChI=1S/C17H21IN2O4S2Si/c1-27(2,3)24-17(23)14-10(8-18)9-26-16-13(15(22)20(14)16)19-12(21)7-11-5-4-6-25-11/h4-6,13,16H,7-9H2,1-3H3,(H,19,21)/t13?,16-/m1/s1. The first kappa shape index (κ1) is 20.9. The third-order valence-corrected chi connectivity index (χ3v) is 7.97. The number of alkyl halides is 1. The Kier molecular flexibility index (Phi) is 6.38. The van der Waals surface area contributed by atoms with Crippen LogP contribution in [0.4, 0.5) is 0 Å². The van der Waals surface area contributed by atoms with Gasteiger partial charge in [-0.05, 0) is 36.7 Å². The Morgan fingerprint density at radius 2 is 2.15 bits per heavy atom. The van der Waals surface area contributed by atoms with Crippen molar-refractivity contribution < 1.29 is 18.8 Å². The van der Waals surface area contributed by atoms with Crippen LogP contribution in [0.3, 0.4) is 0 Å². The number of halogens is 1. The van der Waals surface area contributed by atoms with Crippen molar-refractivity contribution in [2.75, 3.05) is 10.2 Å². The maximum atomic E-state index is 12.7. The fourth-order valence-corrected chi connectivity index (χ4v) is 6.60. The van der Waals surface area contributed by atoms with E-state index in [9.17, 15) is 14.4 Å². The van der Waals surface area contributed by atoms with Crippen LogP contribution in [0, 0.1) is 0 Å². The minimum atomic E-state index is -2.08. The van der Waals surface area contributed by atoms with E-state index in [1.165, 1.54) is 16.2 Å². The van der Waals surface area contributed by atoms with Crippen LogP contribution < -0.4 is 5.32 Å². The SMILES string of the molecule is C[Si](C)(C)OC(=O)C1=C(CI)CS[C@@H]2C(NC(=O)Cc3cccs3)C(=O)N12. The van der Waals surface area contributed by atoms with E-state index in [4.69, 9.17) is 4.43 Å². The van der Waals surface area contributed by atoms with Crippen LogP contribution in [-0.4, -0.2) is 52.6 Å². The molecule has 3 rings (SSSR count). The van der Waals surface area contributed by atoms with Gasteiger partial charge in [-0.1, -0.05) is 28.7 Å². The molecule has 2 atom stereocenters. The Morgan fingerprint density at radius 3 is 2.74 bits per heavy atom. The lowest BCUT2D eigenvalue weighted by molar-refractivity contribution is -0.150. The molecule has 1 saturated heterocycles. The third-order valence-electron chi connectivity index (χ3n) is 4.03. The zero-order chi connectivity index (χ0) is 19.8. The lowest BCUT2D eigenvalue weighted by Crippen LogP contribution is -2.70. The van der Waals surface area contributed by atoms with Gasteiger partial charge in [0.25, 0.3) is 5.91 Å². The fourth-order valence-electron chi connectivity index (χ4n) is 2.90. The molecule has 2 amide bonds. The zero-order valence-corrected chi connectivity index (χ0v) is 20.1. The molecule has 1 N–H and O–H groups in total. The molecule has 27 heavy (non-hydrogen) atoms. The molecular formula is C17H21IN2O4S2Si. The second-order valence-electron chi connectivity index (χ2n) is 7.30. The molecule has 2 aliphatic heterocycles. The quantitative estimate of drug-likeness (QED) is 0.262. The van der Waals surface area contributed by atoms with Crippen LogP contribution in [-0.2, 0) is 25.2 Å². The minimum absolute atomic E-state index is 0.175. The molecule has 2 aliphatic rings. The van der Waals surface area contributed by atoms with E-state index in [2.05, 4.69) is 27.9 Å². The second kappa shape index (κ2) is 8.25. The Bertz CT molecular complexity index is 791. The molecule has 1 unspecified atom stereocenters. The highest BCUT2D eigenvalue weighted by molar-refractivity contribution is 14.1. The number of fused-ring (bicyclic) bond motifs is 1. The summed E-state index contributed by atoms with van der Waals surface area (Å²) < 4.78 is 6.31. The molecule has 0 spiro atoms. The highest BCUT2D eigenvalue weighted by atomic mass is 127. The number of carbonyl (C=O) groups is 3. The molecule has 6 nitrogen and oxygen atoms in total. The van der Waals surface area contributed by atoms with Crippen molar-refractivity contribution in [3.8, 4) is 0 Å². The smallest absolute Gasteiger partial charge is 0.341 e. The van der Waals surface area contributed by atoms with E-state index in [1.807, 2.05) is 37.2 Å². The summed E-state index contributed by atoms with van der Waals surface area (Å²) in [4.78, 5) is 40.2. The van der Waals surface area contributed by atoms with Gasteiger partial charge in [0.05, 0.1) is 6.42 Å². The maximum Gasteiger partial charge on any atom is 0.341 e. The van der Waals surface area contributed by atoms with Crippen molar-refractivity contribution in [3.05, 3.63) is 33.7 Å². The van der Waals surface area contributed by atoms with Crippen LogP contribution >= 0.6 is 45.7 Å². The molecule has 0 bridgehead atoms. The summed E-state index contributed by atoms with van der Waals surface area (Å²) in [5, 5.41) is 4.50. The van der Waals surface area contributed by atoms with Crippen molar-refractivity contribution >= 4 is 71.8 Å². The summed E-state index contributed by atoms with van der Waals surface area (Å²) in [6, 6.07) is 3.20. The average Bonchev–Trinajstić information content (AvgIpc) is 3.09. The lowest BCUT2D eigenvalue weighted by atomic mass is 10.0. The van der Waals surface area contributed by atoms with E-state index in [0.717, 1.165) is 10.5 Å². The Hall–Kier alpha value is -0.853. The summed E-state index contributed by atoms with van der Waals surface area (Å²) in [5.41, 5.74) is 1.29. The van der Waals surface area contributed by atoms with Gasteiger partial charge in [-0.2, -0.15) is 0 Å². The summed E-state index contributed by atoms with van der Waals surface area (Å²) >= 11 is 5.30. The highest BCUT2D eigenvalue weighted by Crippen LogP contribution is 2.41. The monoisotopic (exact) mass is 536 g/mol. The normalized spacial score (nSPS) is 22.2. The van der Waals surface area contributed by atoms with Gasteiger partial charge in [0, 0.05) is 15.1 Å². The minimum Gasteiger partial charge on any atom is -0.515 e. The van der Waals surface area contributed by atoms with Gasteiger partial charge in [0.2, 0.25) is 14.2 Å². The van der Waals surface area contributed by atoms with Crippen molar-refractivity contribution in [3.63, 3.8) is 0 Å². The highest BCUT2D eigenvalue weighted by Gasteiger charge is 2.54. The molecule has 10 heteroatoms. The molecule has 0 radical (unpaired) electrons. The van der Waals surface area contributed by atoms with E-state index >= 15 is 0 Å². The van der Waals surface area contributed by atoms with Gasteiger partial charge in [0.1, 0.15) is 17.1 Å². The summed E-state index contributed by atoms with van der Waals surface area (Å²) in [6.45, 7) is 5.82. The third kappa shape index (κ3) is 4.60. The predicted octanol–water partition coefficient (Wildman–Crippen LogP) is 2.76. The van der Waals surface area contributed by atoms with E-state index in [1.54, 1.807) is 11.8 Å².